The van der Waals surface area contributed by atoms with Crippen LogP contribution in [0.2, 0.25) is 0 Å². The van der Waals surface area contributed by atoms with Crippen molar-refractivity contribution in [3.63, 3.8) is 0 Å². The summed E-state index contributed by atoms with van der Waals surface area (Å²) in [5.74, 6) is 1.07. The molecule has 0 amide bonds. The van der Waals surface area contributed by atoms with Crippen molar-refractivity contribution < 1.29 is 0 Å². The zero-order valence-electron chi connectivity index (χ0n) is 18.2. The summed E-state index contributed by atoms with van der Waals surface area (Å²) in [6, 6.07) is 9.14. The van der Waals surface area contributed by atoms with Gasteiger partial charge >= 0.3 is 0 Å². The van der Waals surface area contributed by atoms with Crippen molar-refractivity contribution >= 4 is 29.9 Å². The minimum absolute atomic E-state index is 0. The van der Waals surface area contributed by atoms with Crippen LogP contribution in [-0.4, -0.2) is 73.5 Å². The van der Waals surface area contributed by atoms with Gasteiger partial charge in [-0.05, 0) is 42.3 Å². The van der Waals surface area contributed by atoms with Crippen molar-refractivity contribution in [2.45, 2.75) is 45.7 Å². The third-order valence-electron chi connectivity index (χ3n) is 7.16. The molecule has 4 rings (SSSR count). The topological polar surface area (TPSA) is 34.1 Å². The third-order valence-corrected chi connectivity index (χ3v) is 7.16. The Labute approximate surface area is 193 Å². The van der Waals surface area contributed by atoms with Crippen LogP contribution in [0.5, 0.6) is 0 Å². The Morgan fingerprint density at radius 1 is 0.966 bits per heavy atom. The minimum atomic E-state index is 0. The van der Waals surface area contributed by atoms with Gasteiger partial charge in [-0.1, -0.05) is 37.6 Å². The van der Waals surface area contributed by atoms with Gasteiger partial charge in [-0.3, -0.25) is 9.89 Å². The molecule has 3 aliphatic rings. The minimum Gasteiger partial charge on any atom is -0.352 e. The van der Waals surface area contributed by atoms with Crippen molar-refractivity contribution in [2.24, 2.45) is 10.4 Å². The summed E-state index contributed by atoms with van der Waals surface area (Å²) in [6.07, 6.45) is 5.58. The third kappa shape index (κ3) is 5.64. The van der Waals surface area contributed by atoms with Gasteiger partial charge < -0.3 is 15.1 Å². The molecule has 2 saturated heterocycles. The van der Waals surface area contributed by atoms with E-state index in [1.54, 1.807) is 0 Å². The van der Waals surface area contributed by atoms with Gasteiger partial charge in [-0.2, -0.15) is 0 Å². The van der Waals surface area contributed by atoms with Gasteiger partial charge in [-0.25, -0.2) is 0 Å². The predicted octanol–water partition coefficient (Wildman–Crippen LogP) is 3.39. The molecule has 29 heavy (non-hydrogen) atoms. The predicted molar refractivity (Wildman–Crippen MR) is 132 cm³/mol. The number of benzene rings is 1. The Balaban J connectivity index is 0.00000240. The number of nitrogens with one attached hydrogen (secondary N) is 1. The summed E-state index contributed by atoms with van der Waals surface area (Å²) >= 11 is 0. The van der Waals surface area contributed by atoms with Crippen molar-refractivity contribution in [3.8, 4) is 0 Å². The summed E-state index contributed by atoms with van der Waals surface area (Å²) in [7, 11) is 1.91. The Kier molecular flexibility index (Phi) is 8.22. The molecule has 3 fully saturated rings. The van der Waals surface area contributed by atoms with Gasteiger partial charge in [0.25, 0.3) is 0 Å². The van der Waals surface area contributed by atoms with Crippen molar-refractivity contribution in [2.75, 3.05) is 52.9 Å². The van der Waals surface area contributed by atoms with Crippen LogP contribution in [0.4, 0.5) is 0 Å². The lowest BCUT2D eigenvalue weighted by Crippen LogP contribution is -2.45. The largest absolute Gasteiger partial charge is 0.352 e. The van der Waals surface area contributed by atoms with Gasteiger partial charge in [0.1, 0.15) is 0 Å². The number of rotatable bonds is 5. The lowest BCUT2D eigenvalue weighted by Gasteiger charge is -2.38. The van der Waals surface area contributed by atoms with E-state index in [0.717, 1.165) is 25.6 Å². The molecule has 1 spiro atoms. The van der Waals surface area contributed by atoms with E-state index < -0.39 is 0 Å². The Morgan fingerprint density at radius 2 is 1.62 bits per heavy atom. The van der Waals surface area contributed by atoms with E-state index >= 15 is 0 Å². The molecule has 1 N–H and O–H groups in total. The fraction of sp³-hybridized carbons (Fsp3) is 0.696. The summed E-state index contributed by atoms with van der Waals surface area (Å²) < 4.78 is 0. The van der Waals surface area contributed by atoms with Gasteiger partial charge in [-0.15, -0.1) is 24.0 Å². The SMILES string of the molecule is CCN1CCN(Cc2ccc(CNC(=NC)N3CCC4(CCC4)C3)cc2)CC1.I. The highest BCUT2D eigenvalue weighted by Gasteiger charge is 2.43. The van der Waals surface area contributed by atoms with Crippen LogP contribution in [-0.2, 0) is 13.1 Å². The molecule has 2 heterocycles. The van der Waals surface area contributed by atoms with Gasteiger partial charge in [0, 0.05) is 59.4 Å². The number of piperazine rings is 1. The van der Waals surface area contributed by atoms with E-state index in [-0.39, 0.29) is 24.0 Å². The first-order valence-electron chi connectivity index (χ1n) is 11.2. The molecule has 1 aromatic carbocycles. The molecular formula is C23H38IN5. The lowest BCUT2D eigenvalue weighted by molar-refractivity contribution is 0.132. The van der Waals surface area contributed by atoms with E-state index in [9.17, 15) is 0 Å². The number of guanidine groups is 1. The van der Waals surface area contributed by atoms with Crippen molar-refractivity contribution in [1.29, 1.82) is 0 Å². The summed E-state index contributed by atoms with van der Waals surface area (Å²) in [5.41, 5.74) is 3.37. The summed E-state index contributed by atoms with van der Waals surface area (Å²) in [6.45, 7) is 12.5. The number of nitrogens with zero attached hydrogens (tertiary/aromatic N) is 4. The highest BCUT2D eigenvalue weighted by molar-refractivity contribution is 14.0. The van der Waals surface area contributed by atoms with Crippen molar-refractivity contribution in [3.05, 3.63) is 35.4 Å². The zero-order valence-corrected chi connectivity index (χ0v) is 20.5. The Hall–Kier alpha value is -0.860. The van der Waals surface area contributed by atoms with Crippen LogP contribution in [0.3, 0.4) is 0 Å². The lowest BCUT2D eigenvalue weighted by atomic mass is 9.68. The highest BCUT2D eigenvalue weighted by Crippen LogP contribution is 2.47. The normalized spacial score (nSPS) is 22.4. The molecule has 1 saturated carbocycles. The smallest absolute Gasteiger partial charge is 0.193 e. The van der Waals surface area contributed by atoms with Crippen LogP contribution in [0.1, 0.15) is 43.7 Å². The second-order valence-corrected chi connectivity index (χ2v) is 8.95. The van der Waals surface area contributed by atoms with Gasteiger partial charge in [0.15, 0.2) is 5.96 Å². The molecule has 2 aliphatic heterocycles. The van der Waals surface area contributed by atoms with E-state index in [2.05, 4.69) is 56.2 Å². The average molecular weight is 511 g/mol. The standard InChI is InChI=1S/C23H37N5.HI/c1-3-26-13-15-27(16-14-26)18-21-7-5-20(6-8-21)17-25-22(24-2)28-12-11-23(19-28)9-4-10-23;/h5-8H,3-4,9-19H2,1-2H3,(H,24,25);1H. The van der Waals surface area contributed by atoms with Crippen LogP contribution >= 0.6 is 24.0 Å². The molecule has 0 radical (unpaired) electrons. The van der Waals surface area contributed by atoms with Gasteiger partial charge in [0.2, 0.25) is 0 Å². The van der Waals surface area contributed by atoms with E-state index in [4.69, 9.17) is 0 Å². The first kappa shape index (κ1) is 22.8. The summed E-state index contributed by atoms with van der Waals surface area (Å²) in [5, 5.41) is 3.59. The monoisotopic (exact) mass is 511 g/mol. The van der Waals surface area contributed by atoms with Crippen LogP contribution in [0, 0.1) is 5.41 Å². The molecule has 0 unspecified atom stereocenters. The number of likely N-dealkylation sites (tertiary alicyclic amines) is 1. The summed E-state index contributed by atoms with van der Waals surface area (Å²) in [4.78, 5) is 12.1. The van der Waals surface area contributed by atoms with Crippen LogP contribution in [0.15, 0.2) is 29.3 Å². The second kappa shape index (κ2) is 10.4. The zero-order chi connectivity index (χ0) is 19.4. The number of aliphatic imine (C=N–C) groups is 1. The van der Waals surface area contributed by atoms with Crippen LogP contribution < -0.4 is 5.32 Å². The quantitative estimate of drug-likeness (QED) is 0.374. The maximum atomic E-state index is 4.54. The average Bonchev–Trinajstić information content (AvgIpc) is 3.17. The second-order valence-electron chi connectivity index (χ2n) is 8.95. The molecular weight excluding hydrogens is 473 g/mol. The van der Waals surface area contributed by atoms with E-state index in [1.165, 1.54) is 76.1 Å². The molecule has 0 bridgehead atoms. The highest BCUT2D eigenvalue weighted by atomic mass is 127. The molecule has 0 atom stereocenters. The Morgan fingerprint density at radius 3 is 2.17 bits per heavy atom. The fourth-order valence-electron chi connectivity index (χ4n) is 5.00. The maximum Gasteiger partial charge on any atom is 0.193 e. The van der Waals surface area contributed by atoms with Crippen LogP contribution in [0.25, 0.3) is 0 Å². The van der Waals surface area contributed by atoms with E-state index in [1.807, 2.05) is 7.05 Å². The number of hydrogen-bond acceptors (Lipinski definition) is 3. The van der Waals surface area contributed by atoms with E-state index in [0.29, 0.717) is 5.41 Å². The molecule has 6 heteroatoms. The number of halogens is 1. The molecule has 0 aromatic heterocycles. The first-order valence-corrected chi connectivity index (χ1v) is 11.2. The van der Waals surface area contributed by atoms with Crippen molar-refractivity contribution in [1.82, 2.24) is 20.0 Å². The van der Waals surface area contributed by atoms with Gasteiger partial charge in [0.05, 0.1) is 0 Å². The Bertz CT molecular complexity index is 662. The maximum absolute atomic E-state index is 4.54. The number of hydrogen-bond donors (Lipinski definition) is 1. The molecule has 1 aliphatic carbocycles. The number of likely N-dealkylation sites (N-methyl/N-ethyl adjacent to an activating group) is 1. The first-order chi connectivity index (χ1) is 13.7. The fourth-order valence-corrected chi connectivity index (χ4v) is 5.00. The molecule has 1 aromatic rings. The molecule has 5 nitrogen and oxygen atoms in total. The molecule has 162 valence electrons.